The smallest absolute Gasteiger partial charge is 0.0480 e. The highest BCUT2D eigenvalue weighted by molar-refractivity contribution is 5.83. The van der Waals surface area contributed by atoms with E-state index in [1.54, 1.807) is 0 Å². The van der Waals surface area contributed by atoms with Crippen molar-refractivity contribution in [1.29, 1.82) is 0 Å². The van der Waals surface area contributed by atoms with Crippen molar-refractivity contribution in [2.45, 2.75) is 12.5 Å². The average Bonchev–Trinajstić information content (AvgIpc) is 2.72. The standard InChI is InChI=1S/C14H22N4/c1-18-10-11(6-7-17-9-12(16)8-15)13-4-2-3-5-14(13)18/h2-5,10,12,17H,6-9,15-16H2,1H3. The summed E-state index contributed by atoms with van der Waals surface area (Å²) in [5.74, 6) is 0. The van der Waals surface area contributed by atoms with E-state index in [9.17, 15) is 0 Å². The molecule has 1 aromatic heterocycles. The van der Waals surface area contributed by atoms with Gasteiger partial charge in [0.2, 0.25) is 0 Å². The summed E-state index contributed by atoms with van der Waals surface area (Å²) in [6.07, 6.45) is 3.22. The van der Waals surface area contributed by atoms with Crippen molar-refractivity contribution >= 4 is 10.9 Å². The minimum absolute atomic E-state index is 0.0533. The first-order valence-corrected chi connectivity index (χ1v) is 6.41. The van der Waals surface area contributed by atoms with Gasteiger partial charge in [0.1, 0.15) is 0 Å². The third kappa shape index (κ3) is 2.90. The lowest BCUT2D eigenvalue weighted by Gasteiger charge is -2.09. The van der Waals surface area contributed by atoms with Gasteiger partial charge in [0.15, 0.2) is 0 Å². The van der Waals surface area contributed by atoms with Gasteiger partial charge in [-0.25, -0.2) is 0 Å². The van der Waals surface area contributed by atoms with E-state index in [-0.39, 0.29) is 6.04 Å². The number of aryl methyl sites for hydroxylation is 1. The number of hydrogen-bond acceptors (Lipinski definition) is 3. The van der Waals surface area contributed by atoms with Gasteiger partial charge in [0.25, 0.3) is 0 Å². The molecular formula is C14H22N4. The maximum atomic E-state index is 5.76. The molecule has 0 radical (unpaired) electrons. The zero-order chi connectivity index (χ0) is 13.0. The van der Waals surface area contributed by atoms with Crippen molar-refractivity contribution in [2.75, 3.05) is 19.6 Å². The van der Waals surface area contributed by atoms with Crippen molar-refractivity contribution in [2.24, 2.45) is 18.5 Å². The normalized spacial score (nSPS) is 13.1. The van der Waals surface area contributed by atoms with Crippen LogP contribution in [-0.2, 0) is 13.5 Å². The van der Waals surface area contributed by atoms with Crippen LogP contribution in [0.4, 0.5) is 0 Å². The number of hydrogen-bond donors (Lipinski definition) is 3. The molecule has 1 aromatic carbocycles. The lowest BCUT2D eigenvalue weighted by Crippen LogP contribution is -2.40. The molecule has 1 heterocycles. The lowest BCUT2D eigenvalue weighted by molar-refractivity contribution is 0.583. The number of aromatic nitrogens is 1. The summed E-state index contributed by atoms with van der Waals surface area (Å²) in [5, 5.41) is 4.68. The highest BCUT2D eigenvalue weighted by Crippen LogP contribution is 2.20. The summed E-state index contributed by atoms with van der Waals surface area (Å²) in [7, 11) is 2.09. The first kappa shape index (κ1) is 13.1. The monoisotopic (exact) mass is 246 g/mol. The zero-order valence-corrected chi connectivity index (χ0v) is 10.9. The maximum Gasteiger partial charge on any atom is 0.0480 e. The van der Waals surface area contributed by atoms with E-state index in [2.05, 4.69) is 47.4 Å². The van der Waals surface area contributed by atoms with E-state index in [0.717, 1.165) is 19.5 Å². The molecule has 1 atom stereocenters. The minimum Gasteiger partial charge on any atom is -0.350 e. The Morgan fingerprint density at radius 2 is 2.11 bits per heavy atom. The Bertz CT molecular complexity index is 503. The topological polar surface area (TPSA) is 69.0 Å². The molecule has 0 saturated heterocycles. The van der Waals surface area contributed by atoms with Gasteiger partial charge in [0, 0.05) is 43.3 Å². The van der Waals surface area contributed by atoms with Crippen LogP contribution in [0.15, 0.2) is 30.5 Å². The fourth-order valence-corrected chi connectivity index (χ4v) is 2.22. The van der Waals surface area contributed by atoms with E-state index in [0.29, 0.717) is 6.54 Å². The Morgan fingerprint density at radius 1 is 1.33 bits per heavy atom. The molecule has 18 heavy (non-hydrogen) atoms. The molecule has 0 aliphatic rings. The second kappa shape index (κ2) is 6.00. The second-order valence-electron chi connectivity index (χ2n) is 4.73. The van der Waals surface area contributed by atoms with E-state index >= 15 is 0 Å². The van der Waals surface area contributed by atoms with Gasteiger partial charge in [-0.15, -0.1) is 0 Å². The third-order valence-electron chi connectivity index (χ3n) is 3.26. The molecule has 5 N–H and O–H groups in total. The van der Waals surface area contributed by atoms with Crippen molar-refractivity contribution in [1.82, 2.24) is 9.88 Å². The van der Waals surface area contributed by atoms with Gasteiger partial charge in [-0.2, -0.15) is 0 Å². The highest BCUT2D eigenvalue weighted by atomic mass is 14.9. The Labute approximate surface area is 108 Å². The van der Waals surface area contributed by atoms with Crippen molar-refractivity contribution < 1.29 is 0 Å². The Morgan fingerprint density at radius 3 is 2.89 bits per heavy atom. The molecule has 98 valence electrons. The number of fused-ring (bicyclic) bond motifs is 1. The Balaban J connectivity index is 1.96. The van der Waals surface area contributed by atoms with Gasteiger partial charge >= 0.3 is 0 Å². The SMILES string of the molecule is Cn1cc(CCNCC(N)CN)c2ccccc21. The van der Waals surface area contributed by atoms with Gasteiger partial charge in [-0.05, 0) is 24.6 Å². The fraction of sp³-hybridized carbons (Fsp3) is 0.429. The molecule has 2 rings (SSSR count). The van der Waals surface area contributed by atoms with Crippen LogP contribution < -0.4 is 16.8 Å². The molecule has 0 bridgehead atoms. The summed E-state index contributed by atoms with van der Waals surface area (Å²) in [6, 6.07) is 8.54. The molecule has 0 fully saturated rings. The first-order valence-electron chi connectivity index (χ1n) is 6.41. The van der Waals surface area contributed by atoms with Crippen molar-refractivity contribution in [3.8, 4) is 0 Å². The quantitative estimate of drug-likeness (QED) is 0.654. The summed E-state index contributed by atoms with van der Waals surface area (Å²) in [5.41, 5.74) is 13.9. The Kier molecular flexibility index (Phi) is 4.36. The zero-order valence-electron chi connectivity index (χ0n) is 10.9. The van der Waals surface area contributed by atoms with Gasteiger partial charge < -0.3 is 21.4 Å². The van der Waals surface area contributed by atoms with Gasteiger partial charge in [0.05, 0.1) is 0 Å². The fourth-order valence-electron chi connectivity index (χ4n) is 2.22. The molecule has 0 aliphatic carbocycles. The Hall–Kier alpha value is -1.36. The molecule has 0 aliphatic heterocycles. The van der Waals surface area contributed by atoms with Crippen LogP contribution in [0.1, 0.15) is 5.56 Å². The number of nitrogens with two attached hydrogens (primary N) is 2. The molecule has 4 heteroatoms. The van der Waals surface area contributed by atoms with Crippen LogP contribution >= 0.6 is 0 Å². The molecule has 4 nitrogen and oxygen atoms in total. The van der Waals surface area contributed by atoms with Crippen LogP contribution in [0.5, 0.6) is 0 Å². The molecular weight excluding hydrogens is 224 g/mol. The number of nitrogens with one attached hydrogen (secondary N) is 1. The number of rotatable bonds is 6. The van der Waals surface area contributed by atoms with Crippen LogP contribution in [0.25, 0.3) is 10.9 Å². The van der Waals surface area contributed by atoms with Crippen LogP contribution in [0, 0.1) is 0 Å². The number of nitrogens with zero attached hydrogens (tertiary/aromatic N) is 1. The lowest BCUT2D eigenvalue weighted by atomic mass is 10.1. The molecule has 0 saturated carbocycles. The predicted octanol–water partition coefficient (Wildman–Crippen LogP) is 0.596. The van der Waals surface area contributed by atoms with E-state index in [4.69, 9.17) is 11.5 Å². The van der Waals surface area contributed by atoms with E-state index in [1.165, 1.54) is 16.5 Å². The first-order chi connectivity index (χ1) is 8.72. The second-order valence-corrected chi connectivity index (χ2v) is 4.73. The predicted molar refractivity (Wildman–Crippen MR) is 76.5 cm³/mol. The third-order valence-corrected chi connectivity index (χ3v) is 3.26. The van der Waals surface area contributed by atoms with Crippen molar-refractivity contribution in [3.63, 3.8) is 0 Å². The summed E-state index contributed by atoms with van der Waals surface area (Å²) >= 11 is 0. The van der Waals surface area contributed by atoms with Crippen LogP contribution in [0.2, 0.25) is 0 Å². The minimum atomic E-state index is 0.0533. The summed E-state index contributed by atoms with van der Waals surface area (Å²) in [6.45, 7) is 2.24. The number of para-hydroxylation sites is 1. The average molecular weight is 246 g/mol. The van der Waals surface area contributed by atoms with Gasteiger partial charge in [-0.1, -0.05) is 18.2 Å². The number of benzene rings is 1. The van der Waals surface area contributed by atoms with Crippen LogP contribution in [-0.4, -0.2) is 30.2 Å². The molecule has 0 spiro atoms. The molecule has 1 unspecified atom stereocenters. The molecule has 2 aromatic rings. The van der Waals surface area contributed by atoms with Crippen molar-refractivity contribution in [3.05, 3.63) is 36.0 Å². The highest BCUT2D eigenvalue weighted by Gasteiger charge is 2.05. The van der Waals surface area contributed by atoms with E-state index < -0.39 is 0 Å². The van der Waals surface area contributed by atoms with Gasteiger partial charge in [-0.3, -0.25) is 0 Å². The molecule has 0 amide bonds. The maximum absolute atomic E-state index is 5.76. The van der Waals surface area contributed by atoms with E-state index in [1.807, 2.05) is 0 Å². The van der Waals surface area contributed by atoms with Crippen LogP contribution in [0.3, 0.4) is 0 Å². The summed E-state index contributed by atoms with van der Waals surface area (Å²) in [4.78, 5) is 0. The summed E-state index contributed by atoms with van der Waals surface area (Å²) < 4.78 is 2.18. The largest absolute Gasteiger partial charge is 0.350 e.